The average Bonchev–Trinajstić information content (AvgIpc) is 2.27. The van der Waals surface area contributed by atoms with Gasteiger partial charge in [0.2, 0.25) is 0 Å². The third-order valence-corrected chi connectivity index (χ3v) is 3.67. The molecule has 1 aliphatic rings. The molecule has 1 N–H and O–H groups in total. The molecular formula is C15H29NO2. The Morgan fingerprint density at radius 2 is 1.72 bits per heavy atom. The second-order valence-corrected chi connectivity index (χ2v) is 6.51. The molecule has 0 aromatic heterocycles. The summed E-state index contributed by atoms with van der Waals surface area (Å²) in [6, 6.07) is 0. The largest absolute Gasteiger partial charge is 0.459 e. The lowest BCUT2D eigenvalue weighted by Gasteiger charge is -2.28. The molecule has 0 aromatic rings. The van der Waals surface area contributed by atoms with Crippen molar-refractivity contribution in [3.05, 3.63) is 0 Å². The summed E-state index contributed by atoms with van der Waals surface area (Å²) in [5.41, 5.74) is -0.377. The summed E-state index contributed by atoms with van der Waals surface area (Å²) in [4.78, 5) is 11.5. The molecule has 1 fully saturated rings. The summed E-state index contributed by atoms with van der Waals surface area (Å²) in [5.74, 6) is 1.53. The van der Waals surface area contributed by atoms with Gasteiger partial charge in [-0.3, -0.25) is 4.79 Å². The van der Waals surface area contributed by atoms with Crippen molar-refractivity contribution < 1.29 is 9.53 Å². The van der Waals surface area contributed by atoms with Gasteiger partial charge in [0.05, 0.1) is 6.54 Å². The van der Waals surface area contributed by atoms with Gasteiger partial charge in [0, 0.05) is 0 Å². The number of nitrogens with one attached hydrogen (secondary N) is 1. The van der Waals surface area contributed by atoms with Crippen molar-refractivity contribution in [1.82, 2.24) is 5.32 Å². The topological polar surface area (TPSA) is 38.3 Å². The fourth-order valence-corrected chi connectivity index (χ4v) is 2.60. The minimum Gasteiger partial charge on any atom is -0.459 e. The Bertz CT molecular complexity index is 250. The molecule has 0 spiro atoms. The van der Waals surface area contributed by atoms with Crippen LogP contribution in [-0.4, -0.2) is 24.7 Å². The highest BCUT2D eigenvalue weighted by atomic mass is 16.6. The average molecular weight is 255 g/mol. The molecule has 3 heteroatoms. The van der Waals surface area contributed by atoms with Crippen LogP contribution in [0.25, 0.3) is 0 Å². The van der Waals surface area contributed by atoms with Gasteiger partial charge in [0.15, 0.2) is 0 Å². The fourth-order valence-electron chi connectivity index (χ4n) is 2.60. The lowest BCUT2D eigenvalue weighted by Crippen LogP contribution is -2.34. The minimum absolute atomic E-state index is 0.148. The van der Waals surface area contributed by atoms with Crippen LogP contribution in [-0.2, 0) is 9.53 Å². The zero-order valence-electron chi connectivity index (χ0n) is 12.4. The van der Waals surface area contributed by atoms with E-state index in [4.69, 9.17) is 4.74 Å². The van der Waals surface area contributed by atoms with Crippen LogP contribution in [0.3, 0.4) is 0 Å². The number of ether oxygens (including phenoxy) is 1. The maximum absolute atomic E-state index is 11.5. The highest BCUT2D eigenvalue weighted by Gasteiger charge is 2.20. The molecule has 0 bridgehead atoms. The summed E-state index contributed by atoms with van der Waals surface area (Å²) >= 11 is 0. The summed E-state index contributed by atoms with van der Waals surface area (Å²) < 4.78 is 5.26. The molecule has 1 aliphatic carbocycles. The normalized spacial score (nSPS) is 24.9. The molecule has 0 atom stereocenters. The molecule has 0 heterocycles. The summed E-state index contributed by atoms with van der Waals surface area (Å²) in [7, 11) is 0. The van der Waals surface area contributed by atoms with E-state index in [0.29, 0.717) is 6.54 Å². The SMILES string of the molecule is CCC1CCC(CNCC(=O)OC(C)(C)C)CC1. The quantitative estimate of drug-likeness (QED) is 0.767. The lowest BCUT2D eigenvalue weighted by molar-refractivity contribution is -0.153. The molecule has 0 aliphatic heterocycles. The van der Waals surface area contributed by atoms with Crippen molar-refractivity contribution in [2.75, 3.05) is 13.1 Å². The van der Waals surface area contributed by atoms with Crippen LogP contribution in [0.5, 0.6) is 0 Å². The van der Waals surface area contributed by atoms with E-state index in [-0.39, 0.29) is 11.6 Å². The highest BCUT2D eigenvalue weighted by molar-refractivity contribution is 5.72. The Morgan fingerprint density at radius 3 is 2.22 bits per heavy atom. The summed E-state index contributed by atoms with van der Waals surface area (Å²) in [6.07, 6.45) is 6.64. The van der Waals surface area contributed by atoms with E-state index in [1.807, 2.05) is 20.8 Å². The van der Waals surface area contributed by atoms with Crippen LogP contribution in [0.4, 0.5) is 0 Å². The van der Waals surface area contributed by atoms with Crippen LogP contribution in [0.15, 0.2) is 0 Å². The molecule has 3 nitrogen and oxygen atoms in total. The zero-order chi connectivity index (χ0) is 13.6. The van der Waals surface area contributed by atoms with Crippen molar-refractivity contribution in [3.63, 3.8) is 0 Å². The predicted octanol–water partition coefficient (Wildman–Crippen LogP) is 3.13. The van der Waals surface area contributed by atoms with E-state index in [1.165, 1.54) is 32.1 Å². The molecule has 0 radical (unpaired) electrons. The number of hydrogen-bond acceptors (Lipinski definition) is 3. The van der Waals surface area contributed by atoms with Gasteiger partial charge in [-0.15, -0.1) is 0 Å². The second kappa shape index (κ2) is 7.13. The molecule has 0 amide bonds. The first kappa shape index (κ1) is 15.5. The van der Waals surface area contributed by atoms with E-state index in [0.717, 1.165) is 18.4 Å². The van der Waals surface area contributed by atoms with Crippen LogP contribution in [0, 0.1) is 11.8 Å². The van der Waals surface area contributed by atoms with Gasteiger partial charge >= 0.3 is 5.97 Å². The molecule has 0 saturated heterocycles. The van der Waals surface area contributed by atoms with E-state index in [2.05, 4.69) is 12.2 Å². The Hall–Kier alpha value is -0.570. The molecule has 106 valence electrons. The van der Waals surface area contributed by atoms with E-state index in [1.54, 1.807) is 0 Å². The monoisotopic (exact) mass is 255 g/mol. The second-order valence-electron chi connectivity index (χ2n) is 6.51. The Balaban J connectivity index is 2.10. The number of carbonyl (C=O) groups is 1. The first-order valence-corrected chi connectivity index (χ1v) is 7.33. The highest BCUT2D eigenvalue weighted by Crippen LogP contribution is 2.29. The molecular weight excluding hydrogens is 226 g/mol. The lowest BCUT2D eigenvalue weighted by atomic mass is 9.81. The number of esters is 1. The Kier molecular flexibility index (Phi) is 6.13. The van der Waals surface area contributed by atoms with Crippen LogP contribution < -0.4 is 5.32 Å². The zero-order valence-corrected chi connectivity index (χ0v) is 12.4. The third-order valence-electron chi connectivity index (χ3n) is 3.67. The number of hydrogen-bond donors (Lipinski definition) is 1. The van der Waals surface area contributed by atoms with Gasteiger partial charge in [0.25, 0.3) is 0 Å². The maximum atomic E-state index is 11.5. The molecule has 0 aromatic carbocycles. The van der Waals surface area contributed by atoms with E-state index in [9.17, 15) is 4.79 Å². The van der Waals surface area contributed by atoms with Gasteiger partial charge in [-0.2, -0.15) is 0 Å². The third kappa shape index (κ3) is 6.39. The van der Waals surface area contributed by atoms with Gasteiger partial charge in [-0.25, -0.2) is 0 Å². The maximum Gasteiger partial charge on any atom is 0.320 e. The van der Waals surface area contributed by atoms with Gasteiger partial charge in [-0.05, 0) is 52.0 Å². The fraction of sp³-hybridized carbons (Fsp3) is 0.933. The van der Waals surface area contributed by atoms with Crippen LogP contribution >= 0.6 is 0 Å². The van der Waals surface area contributed by atoms with Crippen molar-refractivity contribution in [3.8, 4) is 0 Å². The number of rotatable bonds is 5. The Labute approximate surface area is 112 Å². The van der Waals surface area contributed by atoms with E-state index < -0.39 is 0 Å². The first-order chi connectivity index (χ1) is 8.40. The predicted molar refractivity (Wildman–Crippen MR) is 74.5 cm³/mol. The molecule has 1 saturated carbocycles. The molecule has 1 rings (SSSR count). The van der Waals surface area contributed by atoms with Crippen molar-refractivity contribution in [2.24, 2.45) is 11.8 Å². The standard InChI is InChI=1S/C15H29NO2/c1-5-12-6-8-13(9-7-12)10-16-11-14(17)18-15(2,3)4/h12-13,16H,5-11H2,1-4H3. The van der Waals surface area contributed by atoms with Crippen molar-refractivity contribution in [2.45, 2.75) is 65.4 Å². The summed E-state index contributed by atoms with van der Waals surface area (Å²) in [6.45, 7) is 9.27. The smallest absolute Gasteiger partial charge is 0.320 e. The van der Waals surface area contributed by atoms with Gasteiger partial charge < -0.3 is 10.1 Å². The number of carbonyl (C=O) groups excluding carboxylic acids is 1. The first-order valence-electron chi connectivity index (χ1n) is 7.33. The van der Waals surface area contributed by atoms with Crippen molar-refractivity contribution >= 4 is 5.97 Å². The Morgan fingerprint density at radius 1 is 1.17 bits per heavy atom. The minimum atomic E-state index is -0.377. The summed E-state index contributed by atoms with van der Waals surface area (Å²) in [5, 5.41) is 3.24. The van der Waals surface area contributed by atoms with Gasteiger partial charge in [-0.1, -0.05) is 26.2 Å². The molecule has 0 unspecified atom stereocenters. The van der Waals surface area contributed by atoms with E-state index >= 15 is 0 Å². The molecule has 18 heavy (non-hydrogen) atoms. The van der Waals surface area contributed by atoms with Crippen LogP contribution in [0.1, 0.15) is 59.8 Å². The van der Waals surface area contributed by atoms with Crippen molar-refractivity contribution in [1.29, 1.82) is 0 Å². The van der Waals surface area contributed by atoms with Gasteiger partial charge in [0.1, 0.15) is 5.60 Å². The van der Waals surface area contributed by atoms with Crippen LogP contribution in [0.2, 0.25) is 0 Å².